The average Bonchev–Trinajstić information content (AvgIpc) is 3.19. The number of carbonyl (C=O) groups is 1. The van der Waals surface area contributed by atoms with Crippen LogP contribution < -0.4 is 0 Å². The summed E-state index contributed by atoms with van der Waals surface area (Å²) in [4.78, 5) is 15.7. The molecule has 19 heavy (non-hydrogen) atoms. The number of ketones is 1. The van der Waals surface area contributed by atoms with E-state index in [1.54, 1.807) is 24.3 Å². The highest BCUT2D eigenvalue weighted by molar-refractivity contribution is 6.03. The lowest BCUT2D eigenvalue weighted by Gasteiger charge is -2.11. The first-order valence-corrected chi connectivity index (χ1v) is 5.98. The topological polar surface area (TPSA) is 30.0 Å². The van der Waals surface area contributed by atoms with Gasteiger partial charge in [0.15, 0.2) is 0 Å². The summed E-state index contributed by atoms with van der Waals surface area (Å²) < 4.78 is 37.9. The lowest BCUT2D eigenvalue weighted by atomic mass is 10.0. The Morgan fingerprint density at radius 2 is 1.89 bits per heavy atom. The zero-order valence-corrected chi connectivity index (χ0v) is 9.87. The number of fused-ring (bicyclic) bond motifs is 1. The van der Waals surface area contributed by atoms with E-state index in [0.717, 1.165) is 12.8 Å². The van der Waals surface area contributed by atoms with Gasteiger partial charge in [-0.05, 0) is 25.0 Å². The van der Waals surface area contributed by atoms with E-state index in [4.69, 9.17) is 0 Å². The van der Waals surface area contributed by atoms with Crippen LogP contribution in [0.1, 0.15) is 34.8 Å². The summed E-state index contributed by atoms with van der Waals surface area (Å²) >= 11 is 0. The van der Waals surface area contributed by atoms with Crippen LogP contribution in [-0.2, 0) is 0 Å². The number of para-hydroxylation sites is 1. The Bertz CT molecular complexity index is 659. The van der Waals surface area contributed by atoms with Crippen molar-refractivity contribution in [2.45, 2.75) is 24.9 Å². The molecule has 0 radical (unpaired) electrons. The van der Waals surface area contributed by atoms with Gasteiger partial charge in [0.1, 0.15) is 0 Å². The van der Waals surface area contributed by atoms with Crippen molar-refractivity contribution in [2.24, 2.45) is 0 Å². The van der Waals surface area contributed by atoms with Gasteiger partial charge in [-0.1, -0.05) is 18.2 Å². The highest BCUT2D eigenvalue weighted by atomic mass is 19.4. The molecule has 0 bridgehead atoms. The number of benzene rings is 1. The fourth-order valence-electron chi connectivity index (χ4n) is 2.13. The highest BCUT2D eigenvalue weighted by Crippen LogP contribution is 2.42. The van der Waals surface area contributed by atoms with Crippen molar-refractivity contribution in [2.75, 3.05) is 0 Å². The highest BCUT2D eigenvalue weighted by Gasteiger charge is 2.42. The third-order valence-corrected chi connectivity index (χ3v) is 3.22. The number of aromatic nitrogens is 1. The Morgan fingerprint density at radius 1 is 1.21 bits per heavy atom. The van der Waals surface area contributed by atoms with Crippen LogP contribution in [-0.4, -0.2) is 16.9 Å². The summed E-state index contributed by atoms with van der Waals surface area (Å²) in [7, 11) is 0. The van der Waals surface area contributed by atoms with Gasteiger partial charge in [-0.2, -0.15) is 13.2 Å². The quantitative estimate of drug-likeness (QED) is 0.772. The molecule has 1 aliphatic carbocycles. The molecule has 0 aliphatic heterocycles. The molecular formula is C14H10F3NO. The number of Topliss-reactive ketones (excluding diaryl/α,β-unsaturated/α-hetero) is 1. The van der Waals surface area contributed by atoms with Gasteiger partial charge >= 0.3 is 6.18 Å². The third-order valence-electron chi connectivity index (χ3n) is 3.22. The van der Waals surface area contributed by atoms with E-state index in [9.17, 15) is 18.0 Å². The molecule has 0 N–H and O–H groups in total. The molecule has 0 amide bonds. The van der Waals surface area contributed by atoms with Crippen molar-refractivity contribution >= 4 is 16.7 Å². The summed E-state index contributed by atoms with van der Waals surface area (Å²) in [5.74, 6) is -1.81. The minimum absolute atomic E-state index is 0.00842. The van der Waals surface area contributed by atoms with Gasteiger partial charge in [-0.15, -0.1) is 0 Å². The maximum Gasteiger partial charge on any atom is 0.454 e. The largest absolute Gasteiger partial charge is 0.454 e. The van der Waals surface area contributed by atoms with Crippen LogP contribution in [0, 0.1) is 0 Å². The second-order valence-electron chi connectivity index (χ2n) is 4.72. The maximum atomic E-state index is 12.6. The second-order valence-corrected chi connectivity index (χ2v) is 4.72. The Kier molecular flexibility index (Phi) is 2.59. The van der Waals surface area contributed by atoms with Gasteiger partial charge in [-0.25, -0.2) is 0 Å². The smallest absolute Gasteiger partial charge is 0.284 e. The number of halogens is 3. The first kappa shape index (κ1) is 12.1. The SMILES string of the molecule is O=C(c1cc2ccccc2nc1C1CC1)C(F)(F)F. The van der Waals surface area contributed by atoms with Gasteiger partial charge in [0.05, 0.1) is 11.2 Å². The molecule has 0 unspecified atom stereocenters. The summed E-state index contributed by atoms with van der Waals surface area (Å²) in [6, 6.07) is 8.20. The van der Waals surface area contributed by atoms with Crippen molar-refractivity contribution < 1.29 is 18.0 Å². The van der Waals surface area contributed by atoms with Crippen molar-refractivity contribution in [1.29, 1.82) is 0 Å². The number of alkyl halides is 3. The molecule has 1 aliphatic rings. The molecule has 1 aromatic heterocycles. The molecule has 98 valence electrons. The normalized spacial score (nSPS) is 15.7. The molecule has 0 spiro atoms. The van der Waals surface area contributed by atoms with Crippen molar-refractivity contribution in [3.05, 3.63) is 41.6 Å². The van der Waals surface area contributed by atoms with Gasteiger partial charge in [0.25, 0.3) is 5.78 Å². The van der Waals surface area contributed by atoms with E-state index in [0.29, 0.717) is 16.6 Å². The second kappa shape index (κ2) is 4.05. The number of nitrogens with zero attached hydrogens (tertiary/aromatic N) is 1. The van der Waals surface area contributed by atoms with Gasteiger partial charge in [-0.3, -0.25) is 9.78 Å². The van der Waals surface area contributed by atoms with E-state index in [2.05, 4.69) is 4.98 Å². The summed E-state index contributed by atoms with van der Waals surface area (Å²) in [6.45, 7) is 0. The van der Waals surface area contributed by atoms with Crippen LogP contribution in [0.5, 0.6) is 0 Å². The predicted molar refractivity (Wildman–Crippen MR) is 64.1 cm³/mol. The number of carbonyl (C=O) groups excluding carboxylic acids is 1. The van der Waals surface area contributed by atoms with Gasteiger partial charge in [0, 0.05) is 16.9 Å². The van der Waals surface area contributed by atoms with Crippen LogP contribution >= 0.6 is 0 Å². The van der Waals surface area contributed by atoms with Crippen molar-refractivity contribution in [3.63, 3.8) is 0 Å². The van der Waals surface area contributed by atoms with E-state index in [1.165, 1.54) is 6.07 Å². The molecule has 1 fully saturated rings. The standard InChI is InChI=1S/C14H10F3NO/c15-14(16,17)13(19)10-7-9-3-1-2-4-11(9)18-12(10)8-5-6-8/h1-4,7-8H,5-6H2. The molecule has 1 heterocycles. The van der Waals surface area contributed by atoms with Gasteiger partial charge in [0.2, 0.25) is 0 Å². The number of hydrogen-bond donors (Lipinski definition) is 0. The van der Waals surface area contributed by atoms with Crippen molar-refractivity contribution in [3.8, 4) is 0 Å². The Labute approximate surface area is 107 Å². The van der Waals surface area contributed by atoms with Crippen LogP contribution in [0.15, 0.2) is 30.3 Å². The summed E-state index contributed by atoms with van der Waals surface area (Å²) in [5, 5.41) is 0.555. The first-order chi connectivity index (χ1) is 8.97. The molecule has 3 rings (SSSR count). The first-order valence-electron chi connectivity index (χ1n) is 5.98. The molecule has 1 aromatic carbocycles. The monoisotopic (exact) mass is 265 g/mol. The van der Waals surface area contributed by atoms with Crippen LogP contribution in [0.2, 0.25) is 0 Å². The van der Waals surface area contributed by atoms with E-state index < -0.39 is 12.0 Å². The zero-order valence-electron chi connectivity index (χ0n) is 9.87. The van der Waals surface area contributed by atoms with Crippen LogP contribution in [0.3, 0.4) is 0 Å². The Hall–Kier alpha value is -1.91. The minimum Gasteiger partial charge on any atom is -0.284 e. The summed E-state index contributed by atoms with van der Waals surface area (Å²) in [5.41, 5.74) is 0.623. The molecule has 5 heteroatoms. The molecule has 1 saturated carbocycles. The molecule has 0 saturated heterocycles. The molecular weight excluding hydrogens is 255 g/mol. The third kappa shape index (κ3) is 2.20. The van der Waals surface area contributed by atoms with Crippen LogP contribution in [0.25, 0.3) is 10.9 Å². The van der Waals surface area contributed by atoms with E-state index in [1.807, 2.05) is 0 Å². The Balaban J connectivity index is 2.21. The number of pyridine rings is 1. The molecule has 0 atom stereocenters. The fraction of sp³-hybridized carbons (Fsp3) is 0.286. The molecule has 2 aromatic rings. The maximum absolute atomic E-state index is 12.6. The lowest BCUT2D eigenvalue weighted by molar-refractivity contribution is -0.0886. The lowest BCUT2D eigenvalue weighted by Crippen LogP contribution is -2.24. The van der Waals surface area contributed by atoms with E-state index in [-0.39, 0.29) is 11.5 Å². The van der Waals surface area contributed by atoms with Crippen LogP contribution in [0.4, 0.5) is 13.2 Å². The number of rotatable bonds is 2. The van der Waals surface area contributed by atoms with Gasteiger partial charge < -0.3 is 0 Å². The van der Waals surface area contributed by atoms with Crippen molar-refractivity contribution in [1.82, 2.24) is 4.98 Å². The predicted octanol–water partition coefficient (Wildman–Crippen LogP) is 3.86. The molecule has 2 nitrogen and oxygen atoms in total. The zero-order chi connectivity index (χ0) is 13.6. The van der Waals surface area contributed by atoms with E-state index >= 15 is 0 Å². The fourth-order valence-corrected chi connectivity index (χ4v) is 2.13. The summed E-state index contributed by atoms with van der Waals surface area (Å²) in [6.07, 6.45) is -3.26. The Morgan fingerprint density at radius 3 is 2.53 bits per heavy atom. The minimum atomic E-state index is -4.85. The number of hydrogen-bond acceptors (Lipinski definition) is 2. The average molecular weight is 265 g/mol.